The van der Waals surface area contributed by atoms with E-state index in [0.717, 1.165) is 32.4 Å². The lowest BCUT2D eigenvalue weighted by molar-refractivity contribution is -0.0328. The fourth-order valence-corrected chi connectivity index (χ4v) is 2.98. The number of hydrogen-bond donors (Lipinski definition) is 2. The van der Waals surface area contributed by atoms with Crippen LogP contribution in [0.25, 0.3) is 0 Å². The van der Waals surface area contributed by atoms with E-state index in [0.29, 0.717) is 12.0 Å². The third-order valence-electron chi connectivity index (χ3n) is 4.05. The molecule has 2 aliphatic rings. The van der Waals surface area contributed by atoms with Gasteiger partial charge in [-0.05, 0) is 25.2 Å². The van der Waals surface area contributed by atoms with Gasteiger partial charge < -0.3 is 10.2 Å². The van der Waals surface area contributed by atoms with Gasteiger partial charge in [-0.2, -0.15) is 0 Å². The van der Waals surface area contributed by atoms with Gasteiger partial charge in [-0.3, -0.25) is 4.90 Å². The fourth-order valence-electron chi connectivity index (χ4n) is 2.98. The summed E-state index contributed by atoms with van der Waals surface area (Å²) in [5, 5.41) is 19.6. The van der Waals surface area contributed by atoms with Crippen molar-refractivity contribution in [2.45, 2.75) is 57.3 Å². The van der Waals surface area contributed by atoms with Crippen molar-refractivity contribution in [1.29, 1.82) is 0 Å². The minimum atomic E-state index is -0.138. The first-order valence-electron chi connectivity index (χ1n) is 6.28. The van der Waals surface area contributed by atoms with Gasteiger partial charge >= 0.3 is 0 Å². The zero-order valence-corrected chi connectivity index (χ0v) is 9.60. The second kappa shape index (κ2) is 4.81. The first kappa shape index (κ1) is 11.4. The summed E-state index contributed by atoms with van der Waals surface area (Å²) in [6, 6.07) is 0.355. The highest BCUT2D eigenvalue weighted by molar-refractivity contribution is 4.87. The SMILES string of the molecule is CC1CN([C@@H]2CCCC[C@H]2O)CCC1O. The number of aliphatic hydroxyl groups excluding tert-OH is 2. The Hall–Kier alpha value is -0.120. The molecule has 1 aliphatic heterocycles. The van der Waals surface area contributed by atoms with E-state index in [1.165, 1.54) is 12.8 Å². The van der Waals surface area contributed by atoms with Crippen LogP contribution >= 0.6 is 0 Å². The number of likely N-dealkylation sites (tertiary alicyclic amines) is 1. The van der Waals surface area contributed by atoms with Crippen molar-refractivity contribution in [3.05, 3.63) is 0 Å². The molecule has 1 aliphatic carbocycles. The monoisotopic (exact) mass is 213 g/mol. The molecular weight excluding hydrogens is 190 g/mol. The molecule has 0 aromatic carbocycles. The predicted molar refractivity (Wildman–Crippen MR) is 59.6 cm³/mol. The maximum absolute atomic E-state index is 9.97. The Labute approximate surface area is 92.1 Å². The van der Waals surface area contributed by atoms with Crippen LogP contribution in [0.15, 0.2) is 0 Å². The van der Waals surface area contributed by atoms with Gasteiger partial charge in [0.1, 0.15) is 0 Å². The maximum Gasteiger partial charge on any atom is 0.0695 e. The summed E-state index contributed by atoms with van der Waals surface area (Å²) in [6.45, 7) is 4.00. The molecular formula is C12H23NO2. The lowest BCUT2D eigenvalue weighted by atomic mass is 9.88. The molecule has 2 unspecified atom stereocenters. The predicted octanol–water partition coefficient (Wildman–Crippen LogP) is 0.993. The number of rotatable bonds is 1. The topological polar surface area (TPSA) is 43.7 Å². The lowest BCUT2D eigenvalue weighted by Gasteiger charge is -2.43. The minimum absolute atomic E-state index is 0.137. The first-order chi connectivity index (χ1) is 7.18. The van der Waals surface area contributed by atoms with Gasteiger partial charge in [0, 0.05) is 19.1 Å². The molecule has 3 nitrogen and oxygen atoms in total. The quantitative estimate of drug-likeness (QED) is 0.683. The van der Waals surface area contributed by atoms with Gasteiger partial charge in [0.15, 0.2) is 0 Å². The van der Waals surface area contributed by atoms with Crippen molar-refractivity contribution in [2.75, 3.05) is 13.1 Å². The second-order valence-electron chi connectivity index (χ2n) is 5.25. The Bertz CT molecular complexity index is 210. The summed E-state index contributed by atoms with van der Waals surface area (Å²) < 4.78 is 0. The number of nitrogens with zero attached hydrogens (tertiary/aromatic N) is 1. The Balaban J connectivity index is 1.92. The van der Waals surface area contributed by atoms with Gasteiger partial charge in [0.25, 0.3) is 0 Å². The summed E-state index contributed by atoms with van der Waals surface area (Å²) in [7, 11) is 0. The summed E-state index contributed by atoms with van der Waals surface area (Å²) in [5.74, 6) is 0.355. The van der Waals surface area contributed by atoms with Crippen LogP contribution in [0.1, 0.15) is 39.0 Å². The minimum Gasteiger partial charge on any atom is -0.393 e. The Morgan fingerprint density at radius 3 is 2.40 bits per heavy atom. The Kier molecular flexibility index (Phi) is 3.65. The average molecular weight is 213 g/mol. The van der Waals surface area contributed by atoms with Crippen LogP contribution in [-0.2, 0) is 0 Å². The molecule has 2 rings (SSSR count). The van der Waals surface area contributed by atoms with Crippen LogP contribution in [-0.4, -0.2) is 46.5 Å². The van der Waals surface area contributed by atoms with Crippen LogP contribution in [0.5, 0.6) is 0 Å². The summed E-state index contributed by atoms with van der Waals surface area (Å²) in [6.07, 6.45) is 5.09. The fraction of sp³-hybridized carbons (Fsp3) is 1.00. The zero-order valence-electron chi connectivity index (χ0n) is 9.60. The van der Waals surface area contributed by atoms with E-state index in [1.807, 2.05) is 0 Å². The molecule has 0 amide bonds. The van der Waals surface area contributed by atoms with Crippen LogP contribution < -0.4 is 0 Å². The summed E-state index contributed by atoms with van der Waals surface area (Å²) in [5.41, 5.74) is 0. The van der Waals surface area contributed by atoms with Crippen molar-refractivity contribution in [1.82, 2.24) is 4.90 Å². The largest absolute Gasteiger partial charge is 0.393 e. The van der Waals surface area contributed by atoms with Gasteiger partial charge in [-0.25, -0.2) is 0 Å². The number of hydrogen-bond acceptors (Lipinski definition) is 3. The molecule has 1 heterocycles. The number of aliphatic hydroxyl groups is 2. The van der Waals surface area contributed by atoms with Crippen molar-refractivity contribution < 1.29 is 10.2 Å². The molecule has 0 aromatic heterocycles. The summed E-state index contributed by atoms with van der Waals surface area (Å²) >= 11 is 0. The van der Waals surface area contributed by atoms with Gasteiger partial charge in [0.2, 0.25) is 0 Å². The molecule has 15 heavy (non-hydrogen) atoms. The molecule has 2 fully saturated rings. The van der Waals surface area contributed by atoms with Crippen molar-refractivity contribution in [3.63, 3.8) is 0 Å². The molecule has 0 spiro atoms. The van der Waals surface area contributed by atoms with Gasteiger partial charge in [-0.15, -0.1) is 0 Å². The molecule has 4 atom stereocenters. The van der Waals surface area contributed by atoms with Crippen molar-refractivity contribution in [3.8, 4) is 0 Å². The number of piperidine rings is 1. The molecule has 2 N–H and O–H groups in total. The lowest BCUT2D eigenvalue weighted by Crippen LogP contribution is -2.52. The van der Waals surface area contributed by atoms with Crippen molar-refractivity contribution >= 4 is 0 Å². The molecule has 0 radical (unpaired) electrons. The van der Waals surface area contributed by atoms with Gasteiger partial charge in [-0.1, -0.05) is 19.8 Å². The maximum atomic E-state index is 9.97. The second-order valence-corrected chi connectivity index (χ2v) is 5.25. The normalized spacial score (nSPS) is 44.2. The first-order valence-corrected chi connectivity index (χ1v) is 6.28. The van der Waals surface area contributed by atoms with Gasteiger partial charge in [0.05, 0.1) is 12.2 Å². The van der Waals surface area contributed by atoms with Crippen molar-refractivity contribution in [2.24, 2.45) is 5.92 Å². The van der Waals surface area contributed by atoms with E-state index in [1.54, 1.807) is 0 Å². The molecule has 1 saturated carbocycles. The zero-order chi connectivity index (χ0) is 10.8. The smallest absolute Gasteiger partial charge is 0.0695 e. The van der Waals surface area contributed by atoms with Crippen LogP contribution in [0, 0.1) is 5.92 Å². The van der Waals surface area contributed by atoms with E-state index in [-0.39, 0.29) is 12.2 Å². The Morgan fingerprint density at radius 2 is 1.73 bits per heavy atom. The van der Waals surface area contributed by atoms with E-state index >= 15 is 0 Å². The third kappa shape index (κ3) is 2.52. The standard InChI is InChI=1S/C12H23NO2/c1-9-8-13(7-6-11(9)14)10-4-2-3-5-12(10)15/h9-12,14-15H,2-8H2,1H3/t9?,10-,11?,12-/m1/s1. The molecule has 0 aromatic rings. The third-order valence-corrected chi connectivity index (χ3v) is 4.05. The molecule has 88 valence electrons. The highest BCUT2D eigenvalue weighted by atomic mass is 16.3. The summed E-state index contributed by atoms with van der Waals surface area (Å²) in [4.78, 5) is 2.39. The highest BCUT2D eigenvalue weighted by Gasteiger charge is 2.33. The average Bonchev–Trinajstić information content (AvgIpc) is 2.23. The van der Waals surface area contributed by atoms with Crippen LogP contribution in [0.3, 0.4) is 0 Å². The highest BCUT2D eigenvalue weighted by Crippen LogP contribution is 2.27. The van der Waals surface area contributed by atoms with E-state index < -0.39 is 0 Å². The van der Waals surface area contributed by atoms with Crippen LogP contribution in [0.4, 0.5) is 0 Å². The molecule has 3 heteroatoms. The van der Waals surface area contributed by atoms with E-state index in [2.05, 4.69) is 11.8 Å². The van der Waals surface area contributed by atoms with E-state index in [4.69, 9.17) is 0 Å². The van der Waals surface area contributed by atoms with E-state index in [9.17, 15) is 10.2 Å². The molecule has 0 bridgehead atoms. The molecule has 1 saturated heterocycles. The Morgan fingerprint density at radius 1 is 1.00 bits per heavy atom. The van der Waals surface area contributed by atoms with Crippen LogP contribution in [0.2, 0.25) is 0 Å².